The standard InChI is InChI=1S/C20H19ClN4O/c1-3-15-10-13(2)23-19(24-15)12-14-7-8-17(21)16(11-14)20(26)25-18-6-4-5-9-22-18/h4-11H,3,12H2,1-2H3,(H,22,25,26). The van der Waals surface area contributed by atoms with Crippen LogP contribution in [0.15, 0.2) is 48.7 Å². The summed E-state index contributed by atoms with van der Waals surface area (Å²) in [5.74, 6) is 0.920. The lowest BCUT2D eigenvalue weighted by Gasteiger charge is -2.09. The Balaban J connectivity index is 1.83. The highest BCUT2D eigenvalue weighted by molar-refractivity contribution is 6.34. The first-order chi connectivity index (χ1) is 12.5. The van der Waals surface area contributed by atoms with Crippen LogP contribution in [0.1, 0.15) is 40.1 Å². The van der Waals surface area contributed by atoms with Crippen molar-refractivity contribution in [3.63, 3.8) is 0 Å². The van der Waals surface area contributed by atoms with Gasteiger partial charge in [-0.1, -0.05) is 30.7 Å². The van der Waals surface area contributed by atoms with Gasteiger partial charge in [0.15, 0.2) is 0 Å². The first-order valence-electron chi connectivity index (χ1n) is 8.39. The third kappa shape index (κ3) is 4.43. The lowest BCUT2D eigenvalue weighted by molar-refractivity contribution is 0.102. The fraction of sp³-hybridized carbons (Fsp3) is 0.200. The molecule has 5 nitrogen and oxygen atoms in total. The molecule has 0 radical (unpaired) electrons. The van der Waals surface area contributed by atoms with E-state index in [1.807, 2.05) is 19.1 Å². The quantitative estimate of drug-likeness (QED) is 0.733. The van der Waals surface area contributed by atoms with E-state index in [9.17, 15) is 4.79 Å². The van der Waals surface area contributed by atoms with Crippen LogP contribution in [0.3, 0.4) is 0 Å². The van der Waals surface area contributed by atoms with Gasteiger partial charge in [0.2, 0.25) is 0 Å². The number of halogens is 1. The highest BCUT2D eigenvalue weighted by atomic mass is 35.5. The van der Waals surface area contributed by atoms with Crippen LogP contribution in [0.25, 0.3) is 0 Å². The first-order valence-corrected chi connectivity index (χ1v) is 8.77. The van der Waals surface area contributed by atoms with Gasteiger partial charge in [-0.2, -0.15) is 0 Å². The summed E-state index contributed by atoms with van der Waals surface area (Å²) in [5.41, 5.74) is 3.27. The average Bonchev–Trinajstić information content (AvgIpc) is 2.63. The third-order valence-electron chi connectivity index (χ3n) is 3.86. The van der Waals surface area contributed by atoms with Crippen molar-refractivity contribution < 1.29 is 4.79 Å². The number of hydrogen-bond donors (Lipinski definition) is 1. The highest BCUT2D eigenvalue weighted by Crippen LogP contribution is 2.20. The third-order valence-corrected chi connectivity index (χ3v) is 4.19. The van der Waals surface area contributed by atoms with Gasteiger partial charge in [0.25, 0.3) is 5.91 Å². The Hall–Kier alpha value is -2.79. The van der Waals surface area contributed by atoms with Gasteiger partial charge in [-0.3, -0.25) is 4.79 Å². The average molecular weight is 367 g/mol. The topological polar surface area (TPSA) is 67.8 Å². The van der Waals surface area contributed by atoms with Crippen LogP contribution in [0, 0.1) is 6.92 Å². The molecule has 2 aromatic heterocycles. The number of nitrogens with one attached hydrogen (secondary N) is 1. The SMILES string of the molecule is CCc1cc(C)nc(Cc2ccc(Cl)c(C(=O)Nc3ccccn3)c2)n1. The summed E-state index contributed by atoms with van der Waals surface area (Å²) in [5, 5.41) is 3.14. The molecule has 1 N–H and O–H groups in total. The van der Waals surface area contributed by atoms with E-state index in [0.717, 1.165) is 29.2 Å². The molecule has 0 atom stereocenters. The molecule has 0 saturated heterocycles. The van der Waals surface area contributed by atoms with Crippen LogP contribution >= 0.6 is 11.6 Å². The molecule has 0 spiro atoms. The number of carbonyl (C=O) groups is 1. The monoisotopic (exact) mass is 366 g/mol. The lowest BCUT2D eigenvalue weighted by Crippen LogP contribution is -2.14. The number of nitrogens with zero attached hydrogens (tertiary/aromatic N) is 3. The molecule has 0 saturated carbocycles. The molecular formula is C20H19ClN4O. The molecule has 3 rings (SSSR count). The number of aromatic nitrogens is 3. The van der Waals surface area contributed by atoms with Crippen molar-refractivity contribution in [2.75, 3.05) is 5.32 Å². The van der Waals surface area contributed by atoms with Crippen molar-refractivity contribution in [2.45, 2.75) is 26.7 Å². The summed E-state index contributed by atoms with van der Waals surface area (Å²) in [6.07, 6.45) is 3.01. The van der Waals surface area contributed by atoms with E-state index in [4.69, 9.17) is 11.6 Å². The number of benzene rings is 1. The van der Waals surface area contributed by atoms with Crippen LogP contribution in [0.2, 0.25) is 5.02 Å². The van der Waals surface area contributed by atoms with Crippen LogP contribution < -0.4 is 5.32 Å². The molecule has 2 heterocycles. The summed E-state index contributed by atoms with van der Waals surface area (Å²) >= 11 is 6.22. The molecule has 0 bridgehead atoms. The Morgan fingerprint density at radius 3 is 2.73 bits per heavy atom. The Labute approximate surface area is 157 Å². The number of anilines is 1. The molecule has 1 amide bonds. The maximum atomic E-state index is 12.5. The zero-order chi connectivity index (χ0) is 18.5. The molecule has 3 aromatic rings. The molecule has 0 fully saturated rings. The van der Waals surface area contributed by atoms with Crippen molar-refractivity contribution >= 4 is 23.3 Å². The first kappa shape index (κ1) is 18.0. The molecule has 0 aliphatic rings. The minimum atomic E-state index is -0.296. The number of carbonyl (C=O) groups excluding carboxylic acids is 1. The van der Waals surface area contributed by atoms with Gasteiger partial charge in [0.1, 0.15) is 11.6 Å². The fourth-order valence-electron chi connectivity index (χ4n) is 2.62. The van der Waals surface area contributed by atoms with E-state index in [-0.39, 0.29) is 5.91 Å². The number of amides is 1. The summed E-state index contributed by atoms with van der Waals surface area (Å²) < 4.78 is 0. The summed E-state index contributed by atoms with van der Waals surface area (Å²) in [6.45, 7) is 4.02. The Kier molecular flexibility index (Phi) is 5.58. The van der Waals surface area contributed by atoms with E-state index in [1.54, 1.807) is 36.5 Å². The Bertz CT molecular complexity index is 928. The van der Waals surface area contributed by atoms with Gasteiger partial charge in [0, 0.05) is 24.0 Å². The molecule has 6 heteroatoms. The molecule has 132 valence electrons. The smallest absolute Gasteiger partial charge is 0.258 e. The van der Waals surface area contributed by atoms with Crippen molar-refractivity contribution in [1.82, 2.24) is 15.0 Å². The second-order valence-corrected chi connectivity index (χ2v) is 6.34. The second-order valence-electron chi connectivity index (χ2n) is 5.93. The maximum absolute atomic E-state index is 12.5. The van der Waals surface area contributed by atoms with Gasteiger partial charge in [-0.25, -0.2) is 15.0 Å². The van der Waals surface area contributed by atoms with Gasteiger partial charge in [-0.15, -0.1) is 0 Å². The van der Waals surface area contributed by atoms with Crippen molar-refractivity contribution in [2.24, 2.45) is 0 Å². The maximum Gasteiger partial charge on any atom is 0.258 e. The lowest BCUT2D eigenvalue weighted by atomic mass is 10.1. The number of rotatable bonds is 5. The van der Waals surface area contributed by atoms with E-state index < -0.39 is 0 Å². The number of hydrogen-bond acceptors (Lipinski definition) is 4. The normalized spacial score (nSPS) is 10.6. The van der Waals surface area contributed by atoms with E-state index in [2.05, 4.69) is 27.2 Å². The summed E-state index contributed by atoms with van der Waals surface area (Å²) in [7, 11) is 0. The molecule has 0 unspecified atom stereocenters. The largest absolute Gasteiger partial charge is 0.307 e. The van der Waals surface area contributed by atoms with Gasteiger partial charge < -0.3 is 5.32 Å². The van der Waals surface area contributed by atoms with E-state index >= 15 is 0 Å². The van der Waals surface area contributed by atoms with E-state index in [0.29, 0.717) is 22.8 Å². The Morgan fingerprint density at radius 1 is 1.15 bits per heavy atom. The van der Waals surface area contributed by atoms with Crippen molar-refractivity contribution in [1.29, 1.82) is 0 Å². The van der Waals surface area contributed by atoms with Gasteiger partial charge >= 0.3 is 0 Å². The van der Waals surface area contributed by atoms with Crippen LogP contribution in [-0.2, 0) is 12.8 Å². The summed E-state index contributed by atoms with van der Waals surface area (Å²) in [4.78, 5) is 25.7. The van der Waals surface area contributed by atoms with Crippen molar-refractivity contribution in [3.05, 3.63) is 82.0 Å². The summed E-state index contributed by atoms with van der Waals surface area (Å²) in [6, 6.07) is 12.7. The predicted octanol–water partition coefficient (Wildman–Crippen LogP) is 4.24. The van der Waals surface area contributed by atoms with Crippen LogP contribution in [-0.4, -0.2) is 20.9 Å². The molecular weight excluding hydrogens is 348 g/mol. The van der Waals surface area contributed by atoms with Gasteiger partial charge in [0.05, 0.1) is 10.6 Å². The molecule has 0 aliphatic carbocycles. The predicted molar refractivity (Wildman–Crippen MR) is 103 cm³/mol. The van der Waals surface area contributed by atoms with Crippen LogP contribution in [0.4, 0.5) is 5.82 Å². The Morgan fingerprint density at radius 2 is 2.00 bits per heavy atom. The van der Waals surface area contributed by atoms with Gasteiger partial charge in [-0.05, 0) is 49.2 Å². The minimum absolute atomic E-state index is 0.296. The highest BCUT2D eigenvalue weighted by Gasteiger charge is 2.13. The number of aryl methyl sites for hydroxylation is 2. The van der Waals surface area contributed by atoms with E-state index in [1.165, 1.54) is 0 Å². The number of pyridine rings is 1. The minimum Gasteiger partial charge on any atom is -0.307 e. The molecule has 1 aromatic carbocycles. The second kappa shape index (κ2) is 8.06. The zero-order valence-electron chi connectivity index (χ0n) is 14.7. The fourth-order valence-corrected chi connectivity index (χ4v) is 2.82. The zero-order valence-corrected chi connectivity index (χ0v) is 15.4. The van der Waals surface area contributed by atoms with Crippen molar-refractivity contribution in [3.8, 4) is 0 Å². The van der Waals surface area contributed by atoms with Crippen LogP contribution in [0.5, 0.6) is 0 Å². The molecule has 0 aliphatic heterocycles. The molecule has 26 heavy (non-hydrogen) atoms.